The van der Waals surface area contributed by atoms with Gasteiger partial charge in [-0.25, -0.2) is 14.4 Å². The molecule has 0 atom stereocenters. The second-order valence-corrected chi connectivity index (χ2v) is 5.95. The van der Waals surface area contributed by atoms with Gasteiger partial charge in [-0.3, -0.25) is 0 Å². The standard InChI is InChI=1S/C17H18ClFN2/c18-16-10-15(12-6-2-1-3-7-12)20-17(21-16)14-9-5-4-8-13(14)11-19/h4-5,8-10,12H,1-3,6-7,11H2. The summed E-state index contributed by atoms with van der Waals surface area (Å²) in [6.07, 6.45) is 6.08. The molecule has 0 N–H and O–H groups in total. The number of nitrogens with zero attached hydrogens (tertiary/aromatic N) is 2. The SMILES string of the molecule is FCc1ccccc1-c1nc(Cl)cc(C2CCCCC2)n1. The van der Waals surface area contributed by atoms with Gasteiger partial charge in [-0.15, -0.1) is 0 Å². The lowest BCUT2D eigenvalue weighted by Crippen LogP contribution is -2.08. The van der Waals surface area contributed by atoms with Crippen LogP contribution in [0.3, 0.4) is 0 Å². The van der Waals surface area contributed by atoms with Crippen LogP contribution >= 0.6 is 11.6 Å². The van der Waals surface area contributed by atoms with E-state index in [1.165, 1.54) is 19.3 Å². The molecule has 1 aromatic carbocycles. The molecule has 0 aliphatic heterocycles. The molecular formula is C17H18ClFN2. The lowest BCUT2D eigenvalue weighted by atomic mass is 9.87. The molecule has 110 valence electrons. The molecule has 2 nitrogen and oxygen atoms in total. The van der Waals surface area contributed by atoms with Crippen molar-refractivity contribution in [1.82, 2.24) is 9.97 Å². The highest BCUT2D eigenvalue weighted by atomic mass is 35.5. The van der Waals surface area contributed by atoms with Gasteiger partial charge in [0.05, 0.1) is 0 Å². The fraction of sp³-hybridized carbons (Fsp3) is 0.412. The molecular weight excluding hydrogens is 287 g/mol. The second kappa shape index (κ2) is 6.52. The molecule has 1 heterocycles. The van der Waals surface area contributed by atoms with E-state index in [0.717, 1.165) is 24.1 Å². The fourth-order valence-electron chi connectivity index (χ4n) is 3.02. The molecule has 0 spiro atoms. The van der Waals surface area contributed by atoms with Crippen LogP contribution < -0.4 is 0 Å². The van der Waals surface area contributed by atoms with Crippen molar-refractivity contribution in [2.24, 2.45) is 0 Å². The zero-order valence-electron chi connectivity index (χ0n) is 11.9. The van der Waals surface area contributed by atoms with Crippen LogP contribution in [0.1, 0.15) is 49.3 Å². The van der Waals surface area contributed by atoms with Gasteiger partial charge in [0, 0.05) is 17.2 Å². The predicted molar refractivity (Wildman–Crippen MR) is 83.1 cm³/mol. The summed E-state index contributed by atoms with van der Waals surface area (Å²) in [7, 11) is 0. The Morgan fingerprint density at radius 3 is 2.62 bits per heavy atom. The number of aromatic nitrogens is 2. The minimum atomic E-state index is -0.523. The number of rotatable bonds is 3. The Morgan fingerprint density at radius 1 is 1.10 bits per heavy atom. The topological polar surface area (TPSA) is 25.8 Å². The van der Waals surface area contributed by atoms with Crippen molar-refractivity contribution < 1.29 is 4.39 Å². The largest absolute Gasteiger partial charge is 0.246 e. The van der Waals surface area contributed by atoms with Gasteiger partial charge in [0.2, 0.25) is 0 Å². The molecule has 21 heavy (non-hydrogen) atoms. The van der Waals surface area contributed by atoms with E-state index in [2.05, 4.69) is 9.97 Å². The van der Waals surface area contributed by atoms with Gasteiger partial charge in [-0.1, -0.05) is 55.1 Å². The van der Waals surface area contributed by atoms with E-state index < -0.39 is 6.67 Å². The van der Waals surface area contributed by atoms with Crippen molar-refractivity contribution in [2.75, 3.05) is 0 Å². The summed E-state index contributed by atoms with van der Waals surface area (Å²) in [4.78, 5) is 8.97. The minimum absolute atomic E-state index is 0.439. The maximum Gasteiger partial charge on any atom is 0.161 e. The van der Waals surface area contributed by atoms with Crippen LogP contribution in [0.4, 0.5) is 4.39 Å². The first-order valence-electron chi connectivity index (χ1n) is 7.46. The van der Waals surface area contributed by atoms with Crippen molar-refractivity contribution >= 4 is 11.6 Å². The molecule has 0 unspecified atom stereocenters. The highest BCUT2D eigenvalue weighted by Gasteiger charge is 2.19. The summed E-state index contributed by atoms with van der Waals surface area (Å²) >= 11 is 6.17. The van der Waals surface area contributed by atoms with E-state index in [0.29, 0.717) is 22.5 Å². The molecule has 1 fully saturated rings. The summed E-state index contributed by atoms with van der Waals surface area (Å²) in [6, 6.07) is 9.17. The quantitative estimate of drug-likeness (QED) is 0.718. The highest BCUT2D eigenvalue weighted by molar-refractivity contribution is 6.29. The smallest absolute Gasteiger partial charge is 0.161 e. The Kier molecular flexibility index (Phi) is 4.49. The maximum absolute atomic E-state index is 13.1. The molecule has 1 aliphatic carbocycles. The van der Waals surface area contributed by atoms with Gasteiger partial charge in [-0.2, -0.15) is 0 Å². The Labute approximate surface area is 129 Å². The molecule has 1 saturated carbocycles. The van der Waals surface area contributed by atoms with Crippen molar-refractivity contribution in [2.45, 2.75) is 44.7 Å². The summed E-state index contributed by atoms with van der Waals surface area (Å²) < 4.78 is 13.1. The monoisotopic (exact) mass is 304 g/mol. The normalized spacial score (nSPS) is 16.1. The number of alkyl halides is 1. The number of benzene rings is 1. The molecule has 0 radical (unpaired) electrons. The van der Waals surface area contributed by atoms with Crippen LogP contribution in [0.15, 0.2) is 30.3 Å². The third-order valence-corrected chi connectivity index (χ3v) is 4.33. The number of halogens is 2. The zero-order valence-corrected chi connectivity index (χ0v) is 12.6. The minimum Gasteiger partial charge on any atom is -0.246 e. The summed E-state index contributed by atoms with van der Waals surface area (Å²) in [5.74, 6) is 0.992. The Hall–Kier alpha value is -1.48. The van der Waals surface area contributed by atoms with Crippen molar-refractivity contribution in [3.8, 4) is 11.4 Å². The van der Waals surface area contributed by atoms with Crippen LogP contribution in [-0.2, 0) is 6.67 Å². The molecule has 0 saturated heterocycles. The lowest BCUT2D eigenvalue weighted by molar-refractivity contribution is 0.436. The molecule has 1 aromatic heterocycles. The van der Waals surface area contributed by atoms with E-state index in [1.807, 2.05) is 24.3 Å². The van der Waals surface area contributed by atoms with Gasteiger partial charge in [0.25, 0.3) is 0 Å². The summed E-state index contributed by atoms with van der Waals surface area (Å²) in [5.41, 5.74) is 2.34. The van der Waals surface area contributed by atoms with E-state index in [-0.39, 0.29) is 0 Å². The van der Waals surface area contributed by atoms with Gasteiger partial charge < -0.3 is 0 Å². The van der Waals surface area contributed by atoms with Crippen LogP contribution in [-0.4, -0.2) is 9.97 Å². The Bertz CT molecular complexity index is 624. The molecule has 3 rings (SSSR count). The van der Waals surface area contributed by atoms with Crippen LogP contribution in [0.2, 0.25) is 5.15 Å². The lowest BCUT2D eigenvalue weighted by Gasteiger charge is -2.21. The van der Waals surface area contributed by atoms with Crippen LogP contribution in [0.5, 0.6) is 0 Å². The first-order valence-corrected chi connectivity index (χ1v) is 7.84. The van der Waals surface area contributed by atoms with Gasteiger partial charge in [-0.05, 0) is 24.5 Å². The fourth-order valence-corrected chi connectivity index (χ4v) is 3.21. The van der Waals surface area contributed by atoms with Crippen molar-refractivity contribution in [3.05, 3.63) is 46.7 Å². The van der Waals surface area contributed by atoms with Gasteiger partial charge in [0.15, 0.2) is 5.82 Å². The summed E-state index contributed by atoms with van der Waals surface area (Å²) in [5, 5.41) is 0.439. The first kappa shape index (κ1) is 14.5. The predicted octanol–water partition coefficient (Wildman–Crippen LogP) is 5.31. The Balaban J connectivity index is 2.01. The second-order valence-electron chi connectivity index (χ2n) is 5.56. The van der Waals surface area contributed by atoms with Gasteiger partial charge >= 0.3 is 0 Å². The number of hydrogen-bond donors (Lipinski definition) is 0. The highest BCUT2D eigenvalue weighted by Crippen LogP contribution is 2.33. The average Bonchev–Trinajstić information content (AvgIpc) is 2.55. The number of hydrogen-bond acceptors (Lipinski definition) is 2. The molecule has 0 amide bonds. The molecule has 1 aliphatic rings. The first-order chi connectivity index (χ1) is 10.3. The van der Waals surface area contributed by atoms with E-state index in [1.54, 1.807) is 6.07 Å². The molecule has 4 heteroatoms. The van der Waals surface area contributed by atoms with E-state index in [4.69, 9.17) is 11.6 Å². The summed E-state index contributed by atoms with van der Waals surface area (Å²) in [6.45, 7) is -0.523. The third kappa shape index (κ3) is 3.24. The van der Waals surface area contributed by atoms with Crippen molar-refractivity contribution in [1.29, 1.82) is 0 Å². The maximum atomic E-state index is 13.1. The zero-order chi connectivity index (χ0) is 14.7. The van der Waals surface area contributed by atoms with Crippen molar-refractivity contribution in [3.63, 3.8) is 0 Å². The third-order valence-electron chi connectivity index (χ3n) is 4.14. The van der Waals surface area contributed by atoms with E-state index >= 15 is 0 Å². The molecule has 2 aromatic rings. The van der Waals surface area contributed by atoms with Crippen LogP contribution in [0.25, 0.3) is 11.4 Å². The average molecular weight is 305 g/mol. The van der Waals surface area contributed by atoms with Crippen LogP contribution in [0, 0.1) is 0 Å². The van der Waals surface area contributed by atoms with Gasteiger partial charge in [0.1, 0.15) is 11.8 Å². The molecule has 0 bridgehead atoms. The Morgan fingerprint density at radius 2 is 1.86 bits per heavy atom. The van der Waals surface area contributed by atoms with E-state index in [9.17, 15) is 4.39 Å².